The van der Waals surface area contributed by atoms with Gasteiger partial charge in [-0.25, -0.2) is 8.42 Å². The van der Waals surface area contributed by atoms with Crippen LogP contribution in [0.3, 0.4) is 0 Å². The molecule has 0 aliphatic rings. The zero-order valence-electron chi connectivity index (χ0n) is 21.8. The molecule has 0 aliphatic carbocycles. The Kier molecular flexibility index (Phi) is 10.7. The number of benzene rings is 3. The number of amides is 2. The first-order valence-corrected chi connectivity index (χ1v) is 14.9. The summed E-state index contributed by atoms with van der Waals surface area (Å²) in [6.07, 6.45) is 0.279. The average molecular weight is 611 g/mol. The number of rotatable bonds is 11. The van der Waals surface area contributed by atoms with Gasteiger partial charge in [-0.05, 0) is 68.8 Å². The van der Waals surface area contributed by atoms with Gasteiger partial charge in [-0.1, -0.05) is 66.0 Å². The highest BCUT2D eigenvalue weighted by atomic mass is 35.5. The van der Waals surface area contributed by atoms with Crippen molar-refractivity contribution in [1.82, 2.24) is 10.2 Å². The molecule has 3 rings (SSSR count). The van der Waals surface area contributed by atoms with Gasteiger partial charge in [0.2, 0.25) is 11.8 Å². The summed E-state index contributed by atoms with van der Waals surface area (Å²) in [4.78, 5) is 28.5. The lowest BCUT2D eigenvalue weighted by atomic mass is 10.1. The molecular formula is C28H30Cl3N3O4S. The molecule has 39 heavy (non-hydrogen) atoms. The van der Waals surface area contributed by atoms with E-state index in [1.165, 1.54) is 29.2 Å². The molecule has 0 bridgehead atoms. The fraction of sp³-hybridized carbons (Fsp3) is 0.286. The molecule has 0 heterocycles. The van der Waals surface area contributed by atoms with E-state index >= 15 is 0 Å². The van der Waals surface area contributed by atoms with Crippen LogP contribution in [0.25, 0.3) is 0 Å². The van der Waals surface area contributed by atoms with Gasteiger partial charge in [0.1, 0.15) is 12.6 Å². The van der Waals surface area contributed by atoms with Gasteiger partial charge < -0.3 is 10.2 Å². The number of carbonyl (C=O) groups is 2. The average Bonchev–Trinajstić information content (AvgIpc) is 2.89. The van der Waals surface area contributed by atoms with E-state index in [4.69, 9.17) is 34.8 Å². The lowest BCUT2D eigenvalue weighted by molar-refractivity contribution is -0.140. The molecule has 1 unspecified atom stereocenters. The summed E-state index contributed by atoms with van der Waals surface area (Å²) < 4.78 is 28.6. The van der Waals surface area contributed by atoms with Crippen molar-refractivity contribution >= 4 is 62.3 Å². The fourth-order valence-corrected chi connectivity index (χ4v) is 6.07. The standard InChI is InChI=1S/C28H30Cl3N3O4S/c1-4-26(28(36)32-19(2)3)33(17-23-24(30)11-8-12-25(23)31)27(35)18-34(21-9-6-5-7-10-21)39(37,38)22-15-13-20(29)14-16-22/h5-16,19,26H,4,17-18H2,1-3H3,(H,32,36). The number of carbonyl (C=O) groups excluding carboxylic acids is 2. The van der Waals surface area contributed by atoms with E-state index in [2.05, 4.69) is 5.32 Å². The van der Waals surface area contributed by atoms with Gasteiger partial charge in [0.05, 0.1) is 10.6 Å². The van der Waals surface area contributed by atoms with E-state index in [1.54, 1.807) is 55.5 Å². The number of para-hydroxylation sites is 1. The Balaban J connectivity index is 2.08. The van der Waals surface area contributed by atoms with Crippen LogP contribution in [0.5, 0.6) is 0 Å². The van der Waals surface area contributed by atoms with Gasteiger partial charge in [0, 0.05) is 33.2 Å². The van der Waals surface area contributed by atoms with Crippen LogP contribution in [0.2, 0.25) is 15.1 Å². The molecule has 11 heteroatoms. The second kappa shape index (κ2) is 13.5. The van der Waals surface area contributed by atoms with Gasteiger partial charge >= 0.3 is 0 Å². The first kappa shape index (κ1) is 30.8. The summed E-state index contributed by atoms with van der Waals surface area (Å²) in [6, 6.07) is 17.9. The molecule has 0 saturated carbocycles. The third-order valence-corrected chi connectivity index (χ3v) is 8.68. The fourth-order valence-electron chi connectivity index (χ4n) is 4.01. The summed E-state index contributed by atoms with van der Waals surface area (Å²) in [6.45, 7) is 4.75. The Morgan fingerprint density at radius 2 is 1.46 bits per heavy atom. The first-order valence-electron chi connectivity index (χ1n) is 12.3. The summed E-state index contributed by atoms with van der Waals surface area (Å²) in [5, 5.41) is 3.88. The molecule has 1 N–H and O–H groups in total. The molecule has 7 nitrogen and oxygen atoms in total. The predicted molar refractivity (Wildman–Crippen MR) is 157 cm³/mol. The van der Waals surface area contributed by atoms with E-state index in [1.807, 2.05) is 13.8 Å². The van der Waals surface area contributed by atoms with Crippen molar-refractivity contribution in [3.8, 4) is 0 Å². The highest BCUT2D eigenvalue weighted by molar-refractivity contribution is 7.92. The maximum absolute atomic E-state index is 14.0. The van der Waals surface area contributed by atoms with Crippen LogP contribution in [0.4, 0.5) is 5.69 Å². The maximum atomic E-state index is 14.0. The summed E-state index contributed by atoms with van der Waals surface area (Å²) in [5.41, 5.74) is 0.744. The van der Waals surface area contributed by atoms with Crippen molar-refractivity contribution in [2.75, 3.05) is 10.8 Å². The van der Waals surface area contributed by atoms with Gasteiger partial charge in [0.25, 0.3) is 10.0 Å². The molecule has 3 aromatic rings. The molecule has 0 radical (unpaired) electrons. The normalized spacial score (nSPS) is 12.2. The van der Waals surface area contributed by atoms with Crippen LogP contribution in [-0.2, 0) is 26.2 Å². The zero-order valence-corrected chi connectivity index (χ0v) is 24.9. The topological polar surface area (TPSA) is 86.8 Å². The minimum absolute atomic E-state index is 0.0335. The van der Waals surface area contributed by atoms with E-state index in [0.717, 1.165) is 4.31 Å². The number of nitrogens with zero attached hydrogens (tertiary/aromatic N) is 2. The molecule has 0 aliphatic heterocycles. The van der Waals surface area contributed by atoms with Crippen molar-refractivity contribution in [2.24, 2.45) is 0 Å². The van der Waals surface area contributed by atoms with Crippen molar-refractivity contribution in [3.05, 3.63) is 93.4 Å². The predicted octanol–water partition coefficient (Wildman–Crippen LogP) is 6.17. The number of nitrogens with one attached hydrogen (secondary N) is 1. The molecule has 0 aromatic heterocycles. The lowest BCUT2D eigenvalue weighted by Crippen LogP contribution is -2.53. The molecular weight excluding hydrogens is 581 g/mol. The molecule has 1 atom stereocenters. The van der Waals surface area contributed by atoms with E-state index < -0.39 is 28.5 Å². The Labute approximate surface area is 244 Å². The third-order valence-electron chi connectivity index (χ3n) is 5.93. The number of anilines is 1. The second-order valence-corrected chi connectivity index (χ2v) is 12.2. The summed E-state index contributed by atoms with van der Waals surface area (Å²) in [7, 11) is -4.19. The molecule has 0 spiro atoms. The Morgan fingerprint density at radius 1 is 0.872 bits per heavy atom. The van der Waals surface area contributed by atoms with E-state index in [0.29, 0.717) is 20.6 Å². The first-order chi connectivity index (χ1) is 18.4. The minimum atomic E-state index is -4.19. The Bertz CT molecular complexity index is 1380. The van der Waals surface area contributed by atoms with Crippen molar-refractivity contribution in [1.29, 1.82) is 0 Å². The van der Waals surface area contributed by atoms with Crippen LogP contribution >= 0.6 is 34.8 Å². The SMILES string of the molecule is CCC(C(=O)NC(C)C)N(Cc1c(Cl)cccc1Cl)C(=O)CN(c1ccccc1)S(=O)(=O)c1ccc(Cl)cc1. The largest absolute Gasteiger partial charge is 0.352 e. The van der Waals surface area contributed by atoms with Crippen molar-refractivity contribution < 1.29 is 18.0 Å². The van der Waals surface area contributed by atoms with Crippen molar-refractivity contribution in [3.63, 3.8) is 0 Å². The van der Waals surface area contributed by atoms with Gasteiger partial charge in [-0.15, -0.1) is 0 Å². The van der Waals surface area contributed by atoms with Crippen LogP contribution in [0, 0.1) is 0 Å². The minimum Gasteiger partial charge on any atom is -0.352 e. The summed E-state index contributed by atoms with van der Waals surface area (Å²) in [5.74, 6) is -0.964. The highest BCUT2D eigenvalue weighted by Gasteiger charge is 2.34. The van der Waals surface area contributed by atoms with Gasteiger partial charge in [-0.2, -0.15) is 0 Å². The van der Waals surface area contributed by atoms with Gasteiger partial charge in [-0.3, -0.25) is 13.9 Å². The second-order valence-electron chi connectivity index (χ2n) is 9.11. The summed E-state index contributed by atoms with van der Waals surface area (Å²) >= 11 is 18.8. The number of hydrogen-bond acceptors (Lipinski definition) is 4. The van der Waals surface area contributed by atoms with E-state index in [9.17, 15) is 18.0 Å². The smallest absolute Gasteiger partial charge is 0.264 e. The molecule has 2 amide bonds. The van der Waals surface area contributed by atoms with Crippen molar-refractivity contribution in [2.45, 2.75) is 50.7 Å². The quantitative estimate of drug-likeness (QED) is 0.281. The lowest BCUT2D eigenvalue weighted by Gasteiger charge is -2.34. The Morgan fingerprint density at radius 3 is 2.00 bits per heavy atom. The maximum Gasteiger partial charge on any atom is 0.264 e. The number of halogens is 3. The van der Waals surface area contributed by atoms with Crippen LogP contribution in [0.1, 0.15) is 32.8 Å². The molecule has 0 fully saturated rings. The van der Waals surface area contributed by atoms with Crippen LogP contribution in [-0.4, -0.2) is 43.8 Å². The molecule has 3 aromatic carbocycles. The van der Waals surface area contributed by atoms with Crippen LogP contribution < -0.4 is 9.62 Å². The van der Waals surface area contributed by atoms with Crippen LogP contribution in [0.15, 0.2) is 77.7 Å². The van der Waals surface area contributed by atoms with Gasteiger partial charge in [0.15, 0.2) is 0 Å². The molecule has 0 saturated heterocycles. The molecule has 208 valence electrons. The number of sulfonamides is 1. The zero-order chi connectivity index (χ0) is 28.7. The third kappa shape index (κ3) is 7.66. The highest BCUT2D eigenvalue weighted by Crippen LogP contribution is 2.29. The van der Waals surface area contributed by atoms with E-state index in [-0.39, 0.29) is 35.5 Å². The Hall–Kier alpha value is -2.78. The monoisotopic (exact) mass is 609 g/mol. The number of hydrogen-bond donors (Lipinski definition) is 1.